The number of hydrogen-bond donors (Lipinski definition) is 2. The Morgan fingerprint density at radius 1 is 1.25 bits per heavy atom. The molecule has 2 N–H and O–H groups in total. The molecule has 0 aliphatic carbocycles. The van der Waals surface area contributed by atoms with Gasteiger partial charge in [0.2, 0.25) is 0 Å². The average Bonchev–Trinajstić information content (AvgIpc) is 2.47. The molecule has 7 nitrogen and oxygen atoms in total. The molecule has 0 unspecified atom stereocenters. The lowest BCUT2D eigenvalue weighted by Crippen LogP contribution is -2.79. The van der Waals surface area contributed by atoms with Crippen molar-refractivity contribution >= 4 is 34.9 Å². The second-order valence-corrected chi connectivity index (χ2v) is 7.39. The topological polar surface area (TPSA) is 87.7 Å². The smallest absolute Gasteiger partial charge is 0.258 e. The van der Waals surface area contributed by atoms with E-state index in [-0.39, 0.29) is 23.6 Å². The molecule has 1 atom stereocenters. The number of carboxylic acid groups (broad SMARTS) is 1. The molecule has 3 rings (SSSR count). The van der Waals surface area contributed by atoms with Crippen molar-refractivity contribution in [2.45, 2.75) is 38.4 Å². The molecule has 24 heavy (non-hydrogen) atoms. The molecule has 0 aromatic heterocycles. The standard InChI is InChI=1S/C16H20N4O3S/c1-15(2)9-16(3)19(14(24)17-15)8-12(21)18-20(16)11-6-4-10(5-7-11)13(22)23/h4-7H,8-9H2,1-3H3,(H,17,24)(H,18,21)(H,22,23)/p-1/t16-/m0/s1. The van der Waals surface area contributed by atoms with E-state index in [2.05, 4.69) is 24.6 Å². The SMILES string of the molecule is CC1(C)C[C@@]2(C)N(CC(=O)NN2c2ccc(C(=O)[O-])cc2)C(=S)N1. The normalized spacial score (nSPS) is 25.6. The molecule has 1 aromatic carbocycles. The summed E-state index contributed by atoms with van der Waals surface area (Å²) in [4.78, 5) is 24.9. The number of carbonyl (C=O) groups excluding carboxylic acids is 2. The number of fused-ring (bicyclic) bond motifs is 1. The van der Waals surface area contributed by atoms with E-state index < -0.39 is 11.6 Å². The highest BCUT2D eigenvalue weighted by molar-refractivity contribution is 7.80. The summed E-state index contributed by atoms with van der Waals surface area (Å²) in [5, 5.41) is 16.5. The number of thiocarbonyl (C=S) groups is 1. The van der Waals surface area contributed by atoms with Gasteiger partial charge in [-0.05, 0) is 50.7 Å². The number of rotatable bonds is 2. The van der Waals surface area contributed by atoms with Crippen molar-refractivity contribution in [3.63, 3.8) is 0 Å². The Morgan fingerprint density at radius 2 is 1.88 bits per heavy atom. The Balaban J connectivity index is 2.02. The molecule has 0 radical (unpaired) electrons. The lowest BCUT2D eigenvalue weighted by Gasteiger charge is -2.59. The monoisotopic (exact) mass is 347 g/mol. The zero-order chi connectivity index (χ0) is 17.7. The van der Waals surface area contributed by atoms with E-state index in [1.165, 1.54) is 12.1 Å². The van der Waals surface area contributed by atoms with Crippen molar-refractivity contribution in [2.24, 2.45) is 0 Å². The van der Waals surface area contributed by atoms with Crippen LogP contribution in [0.2, 0.25) is 0 Å². The molecule has 128 valence electrons. The minimum atomic E-state index is -1.23. The Kier molecular flexibility index (Phi) is 3.67. The van der Waals surface area contributed by atoms with Crippen LogP contribution in [0.5, 0.6) is 0 Å². The van der Waals surface area contributed by atoms with Crippen LogP contribution in [0.1, 0.15) is 37.6 Å². The van der Waals surface area contributed by atoms with Gasteiger partial charge >= 0.3 is 0 Å². The molecule has 1 amide bonds. The number of carboxylic acids is 1. The molecule has 2 saturated heterocycles. The van der Waals surface area contributed by atoms with E-state index in [4.69, 9.17) is 12.2 Å². The van der Waals surface area contributed by atoms with Gasteiger partial charge in [0.25, 0.3) is 5.91 Å². The maximum atomic E-state index is 12.1. The maximum Gasteiger partial charge on any atom is 0.258 e. The van der Waals surface area contributed by atoms with Crippen LogP contribution < -0.4 is 20.9 Å². The first-order valence-corrected chi connectivity index (χ1v) is 8.04. The van der Waals surface area contributed by atoms with E-state index in [9.17, 15) is 14.7 Å². The predicted octanol–water partition coefficient (Wildman–Crippen LogP) is -0.0237. The summed E-state index contributed by atoms with van der Waals surface area (Å²) in [6.07, 6.45) is 0.697. The number of carbonyl (C=O) groups is 2. The van der Waals surface area contributed by atoms with Gasteiger partial charge < -0.3 is 20.1 Å². The average molecular weight is 347 g/mol. The Labute approximate surface area is 145 Å². The molecule has 0 saturated carbocycles. The highest BCUT2D eigenvalue weighted by Gasteiger charge is 2.51. The molecule has 0 bridgehead atoms. The van der Waals surface area contributed by atoms with E-state index in [0.717, 1.165) is 0 Å². The lowest BCUT2D eigenvalue weighted by molar-refractivity contribution is -0.255. The fraction of sp³-hybridized carbons (Fsp3) is 0.438. The van der Waals surface area contributed by atoms with E-state index in [0.29, 0.717) is 17.2 Å². The van der Waals surface area contributed by atoms with Gasteiger partial charge in [0.15, 0.2) is 5.11 Å². The molecule has 2 fully saturated rings. The zero-order valence-corrected chi connectivity index (χ0v) is 14.6. The summed E-state index contributed by atoms with van der Waals surface area (Å²) < 4.78 is 0. The van der Waals surface area contributed by atoms with E-state index in [1.54, 1.807) is 17.1 Å². The fourth-order valence-corrected chi connectivity index (χ4v) is 4.05. The highest BCUT2D eigenvalue weighted by Crippen LogP contribution is 2.37. The predicted molar refractivity (Wildman–Crippen MR) is 90.9 cm³/mol. The number of nitrogens with one attached hydrogen (secondary N) is 2. The summed E-state index contributed by atoms with van der Waals surface area (Å²) >= 11 is 5.46. The first kappa shape index (κ1) is 16.5. The summed E-state index contributed by atoms with van der Waals surface area (Å²) in [6, 6.07) is 6.23. The van der Waals surface area contributed by atoms with Crippen molar-refractivity contribution in [1.29, 1.82) is 0 Å². The molecule has 8 heteroatoms. The molecule has 0 spiro atoms. The first-order chi connectivity index (χ1) is 11.1. The summed E-state index contributed by atoms with van der Waals surface area (Å²) in [5.41, 5.74) is 2.84. The fourth-order valence-electron chi connectivity index (χ4n) is 3.51. The van der Waals surface area contributed by atoms with Crippen molar-refractivity contribution in [3.8, 4) is 0 Å². The minimum absolute atomic E-state index is 0.0882. The van der Waals surface area contributed by atoms with Crippen molar-refractivity contribution < 1.29 is 14.7 Å². The number of nitrogens with zero attached hydrogens (tertiary/aromatic N) is 2. The van der Waals surface area contributed by atoms with Gasteiger partial charge in [-0.25, -0.2) is 0 Å². The Morgan fingerprint density at radius 3 is 2.46 bits per heavy atom. The van der Waals surface area contributed by atoms with Crippen LogP contribution in [0.15, 0.2) is 24.3 Å². The second-order valence-electron chi connectivity index (χ2n) is 7.00. The van der Waals surface area contributed by atoms with Gasteiger partial charge in [-0.3, -0.25) is 15.2 Å². The highest BCUT2D eigenvalue weighted by atomic mass is 32.1. The zero-order valence-electron chi connectivity index (χ0n) is 13.8. The third kappa shape index (κ3) is 2.66. The second kappa shape index (κ2) is 5.34. The van der Waals surface area contributed by atoms with E-state index >= 15 is 0 Å². The Bertz CT molecular complexity index is 719. The first-order valence-electron chi connectivity index (χ1n) is 7.63. The molecular formula is C16H19N4O3S-. The molecule has 2 heterocycles. The number of benzene rings is 1. The number of anilines is 1. The van der Waals surface area contributed by atoms with Gasteiger partial charge in [0, 0.05) is 12.0 Å². The quantitative estimate of drug-likeness (QED) is 0.727. The van der Waals surface area contributed by atoms with Crippen LogP contribution in [0, 0.1) is 0 Å². The van der Waals surface area contributed by atoms with Crippen LogP contribution >= 0.6 is 12.2 Å². The van der Waals surface area contributed by atoms with Crippen molar-refractivity contribution in [1.82, 2.24) is 15.6 Å². The van der Waals surface area contributed by atoms with Gasteiger partial charge in [0.1, 0.15) is 12.2 Å². The molecule has 2 aliphatic rings. The van der Waals surface area contributed by atoms with Crippen LogP contribution in [-0.2, 0) is 4.79 Å². The van der Waals surface area contributed by atoms with Gasteiger partial charge in [-0.2, -0.15) is 0 Å². The van der Waals surface area contributed by atoms with Gasteiger partial charge in [-0.1, -0.05) is 12.1 Å². The molecule has 2 aliphatic heterocycles. The van der Waals surface area contributed by atoms with Crippen LogP contribution in [0.25, 0.3) is 0 Å². The van der Waals surface area contributed by atoms with Crippen molar-refractivity contribution in [3.05, 3.63) is 29.8 Å². The number of hydrogen-bond acceptors (Lipinski definition) is 5. The van der Waals surface area contributed by atoms with Crippen molar-refractivity contribution in [2.75, 3.05) is 11.6 Å². The van der Waals surface area contributed by atoms with Gasteiger partial charge in [0.05, 0.1) is 11.7 Å². The molecule has 1 aromatic rings. The summed E-state index contributed by atoms with van der Waals surface area (Å²) in [7, 11) is 0. The van der Waals surface area contributed by atoms with Crippen LogP contribution in [0.3, 0.4) is 0 Å². The van der Waals surface area contributed by atoms with Crippen LogP contribution in [0.4, 0.5) is 5.69 Å². The number of hydrazine groups is 1. The lowest BCUT2D eigenvalue weighted by atomic mass is 9.86. The third-order valence-corrected chi connectivity index (χ3v) is 4.75. The third-order valence-electron chi connectivity index (χ3n) is 4.43. The number of amides is 1. The summed E-state index contributed by atoms with van der Waals surface area (Å²) in [6.45, 7) is 6.28. The minimum Gasteiger partial charge on any atom is -0.545 e. The number of aromatic carboxylic acids is 1. The maximum absolute atomic E-state index is 12.1. The van der Waals surface area contributed by atoms with Crippen LogP contribution in [-0.4, -0.2) is 39.6 Å². The Hall–Kier alpha value is -2.35. The van der Waals surface area contributed by atoms with E-state index in [1.807, 2.05) is 11.8 Å². The molecular weight excluding hydrogens is 328 g/mol. The van der Waals surface area contributed by atoms with Gasteiger partial charge in [-0.15, -0.1) is 0 Å². The largest absolute Gasteiger partial charge is 0.545 e. The summed E-state index contributed by atoms with van der Waals surface area (Å²) in [5.74, 6) is -1.42.